The van der Waals surface area contributed by atoms with E-state index in [1.807, 2.05) is 19.2 Å². The van der Waals surface area contributed by atoms with Crippen molar-refractivity contribution in [1.29, 1.82) is 0 Å². The Morgan fingerprint density at radius 2 is 2.06 bits per heavy atom. The second-order valence-corrected chi connectivity index (χ2v) is 5.12. The third kappa shape index (κ3) is 2.72. The summed E-state index contributed by atoms with van der Waals surface area (Å²) >= 11 is 0. The predicted octanol–water partition coefficient (Wildman–Crippen LogP) is 4.27. The van der Waals surface area contributed by atoms with E-state index in [0.717, 1.165) is 24.0 Å². The van der Waals surface area contributed by atoms with E-state index in [4.69, 9.17) is 4.42 Å². The van der Waals surface area contributed by atoms with Gasteiger partial charge in [-0.05, 0) is 37.9 Å². The minimum absolute atomic E-state index is 0.152. The van der Waals surface area contributed by atoms with Gasteiger partial charge in [0, 0.05) is 5.39 Å². The highest BCUT2D eigenvalue weighted by molar-refractivity contribution is 5.78. The lowest BCUT2D eigenvalue weighted by atomic mass is 10.0. The quantitative estimate of drug-likeness (QED) is 0.856. The van der Waals surface area contributed by atoms with Crippen molar-refractivity contribution in [3.63, 3.8) is 0 Å². The highest BCUT2D eigenvalue weighted by Crippen LogP contribution is 2.28. The Hall–Kier alpha value is -1.35. The van der Waals surface area contributed by atoms with Crippen LogP contribution in [-0.4, -0.2) is 7.05 Å². The summed E-state index contributed by atoms with van der Waals surface area (Å²) in [5, 5.41) is 4.07. The fraction of sp³-hybridized carbons (Fsp3) is 0.467. The zero-order valence-electron chi connectivity index (χ0n) is 11.2. The molecule has 1 aromatic heterocycles. The van der Waals surface area contributed by atoms with Gasteiger partial charge in [-0.25, -0.2) is 4.39 Å². The van der Waals surface area contributed by atoms with Crippen LogP contribution in [0, 0.1) is 11.7 Å². The third-order valence-corrected chi connectivity index (χ3v) is 3.24. The summed E-state index contributed by atoms with van der Waals surface area (Å²) in [6, 6.07) is 7.09. The van der Waals surface area contributed by atoms with E-state index in [0.29, 0.717) is 11.5 Å². The van der Waals surface area contributed by atoms with Gasteiger partial charge in [0.25, 0.3) is 0 Å². The normalized spacial score (nSPS) is 13.4. The molecule has 0 spiro atoms. The first-order valence-electron chi connectivity index (χ1n) is 6.47. The zero-order valence-corrected chi connectivity index (χ0v) is 11.2. The van der Waals surface area contributed by atoms with E-state index in [-0.39, 0.29) is 11.9 Å². The van der Waals surface area contributed by atoms with Crippen molar-refractivity contribution in [2.45, 2.75) is 32.7 Å². The Morgan fingerprint density at radius 1 is 1.28 bits per heavy atom. The van der Waals surface area contributed by atoms with Gasteiger partial charge in [-0.15, -0.1) is 0 Å². The Labute approximate surface area is 107 Å². The average Bonchev–Trinajstić information content (AvgIpc) is 2.75. The van der Waals surface area contributed by atoms with E-state index in [1.54, 1.807) is 6.07 Å². The second-order valence-electron chi connectivity index (χ2n) is 5.12. The molecule has 0 radical (unpaired) electrons. The van der Waals surface area contributed by atoms with E-state index < -0.39 is 0 Å². The number of furan rings is 1. The molecule has 3 heteroatoms. The van der Waals surface area contributed by atoms with Crippen LogP contribution in [0.2, 0.25) is 0 Å². The fourth-order valence-electron chi connectivity index (χ4n) is 2.15. The minimum atomic E-state index is -0.294. The first kappa shape index (κ1) is 13.1. The van der Waals surface area contributed by atoms with E-state index in [9.17, 15) is 4.39 Å². The molecule has 0 aliphatic heterocycles. The topological polar surface area (TPSA) is 25.2 Å². The highest BCUT2D eigenvalue weighted by Gasteiger charge is 2.16. The Balaban J connectivity index is 2.25. The van der Waals surface area contributed by atoms with Crippen LogP contribution in [0.1, 0.15) is 38.5 Å². The number of hydrogen-bond donors (Lipinski definition) is 1. The van der Waals surface area contributed by atoms with Crippen LogP contribution in [0.15, 0.2) is 28.7 Å². The van der Waals surface area contributed by atoms with Gasteiger partial charge in [0.15, 0.2) is 11.4 Å². The summed E-state index contributed by atoms with van der Waals surface area (Å²) in [5.74, 6) is 1.18. The standard InChI is InChI=1S/C15H20FNO/c1-10(2)7-8-13(17-3)14-9-11-5-4-6-12(16)15(11)18-14/h4-6,9-10,13,17H,7-8H2,1-3H3. The monoisotopic (exact) mass is 249 g/mol. The summed E-state index contributed by atoms with van der Waals surface area (Å²) < 4.78 is 19.2. The Bertz CT molecular complexity index is 518. The fourth-order valence-corrected chi connectivity index (χ4v) is 2.15. The van der Waals surface area contributed by atoms with Crippen LogP contribution in [-0.2, 0) is 0 Å². The molecule has 0 aliphatic carbocycles. The molecule has 2 nitrogen and oxygen atoms in total. The van der Waals surface area contributed by atoms with Gasteiger partial charge in [-0.2, -0.15) is 0 Å². The van der Waals surface area contributed by atoms with Crippen LogP contribution >= 0.6 is 0 Å². The molecule has 1 atom stereocenters. The van der Waals surface area contributed by atoms with E-state index in [2.05, 4.69) is 19.2 Å². The zero-order chi connectivity index (χ0) is 13.1. The van der Waals surface area contributed by atoms with Crippen molar-refractivity contribution in [2.75, 3.05) is 7.05 Å². The average molecular weight is 249 g/mol. The summed E-state index contributed by atoms with van der Waals surface area (Å²) in [5.41, 5.74) is 0.359. The summed E-state index contributed by atoms with van der Waals surface area (Å²) in [6.45, 7) is 4.40. The maximum atomic E-state index is 13.6. The highest BCUT2D eigenvalue weighted by atomic mass is 19.1. The lowest BCUT2D eigenvalue weighted by Gasteiger charge is -2.14. The largest absolute Gasteiger partial charge is 0.456 e. The molecular formula is C15H20FNO. The molecule has 1 N–H and O–H groups in total. The number of nitrogens with one attached hydrogen (secondary N) is 1. The third-order valence-electron chi connectivity index (χ3n) is 3.24. The molecule has 1 heterocycles. The van der Waals surface area contributed by atoms with Gasteiger partial charge in [0.2, 0.25) is 0 Å². The number of fused-ring (bicyclic) bond motifs is 1. The second kappa shape index (κ2) is 5.53. The summed E-state index contributed by atoms with van der Waals surface area (Å²) in [7, 11) is 1.91. The molecule has 0 saturated heterocycles. The van der Waals surface area contributed by atoms with Crippen molar-refractivity contribution in [3.05, 3.63) is 35.8 Å². The first-order valence-corrected chi connectivity index (χ1v) is 6.47. The van der Waals surface area contributed by atoms with Crippen LogP contribution in [0.4, 0.5) is 4.39 Å². The summed E-state index contributed by atoms with van der Waals surface area (Å²) in [4.78, 5) is 0. The Kier molecular flexibility index (Phi) is 4.02. The smallest absolute Gasteiger partial charge is 0.169 e. The SMILES string of the molecule is CNC(CCC(C)C)c1cc2cccc(F)c2o1. The lowest BCUT2D eigenvalue weighted by Crippen LogP contribution is -2.16. The maximum Gasteiger partial charge on any atom is 0.169 e. The van der Waals surface area contributed by atoms with Crippen LogP contribution < -0.4 is 5.32 Å². The molecule has 0 saturated carbocycles. The van der Waals surface area contributed by atoms with Crippen molar-refractivity contribution in [2.24, 2.45) is 5.92 Å². The van der Waals surface area contributed by atoms with Gasteiger partial charge < -0.3 is 9.73 Å². The van der Waals surface area contributed by atoms with E-state index in [1.165, 1.54) is 6.07 Å². The van der Waals surface area contributed by atoms with Crippen molar-refractivity contribution in [1.82, 2.24) is 5.32 Å². The number of hydrogen-bond acceptors (Lipinski definition) is 2. The Morgan fingerprint density at radius 3 is 2.67 bits per heavy atom. The number of benzene rings is 1. The molecule has 1 aromatic carbocycles. The van der Waals surface area contributed by atoms with E-state index >= 15 is 0 Å². The van der Waals surface area contributed by atoms with Crippen LogP contribution in [0.3, 0.4) is 0 Å². The molecule has 2 rings (SSSR count). The van der Waals surface area contributed by atoms with Gasteiger partial charge in [-0.1, -0.05) is 26.0 Å². The summed E-state index contributed by atoms with van der Waals surface area (Å²) in [6.07, 6.45) is 2.11. The molecule has 2 aromatic rings. The molecule has 0 amide bonds. The molecular weight excluding hydrogens is 229 g/mol. The van der Waals surface area contributed by atoms with Gasteiger partial charge >= 0.3 is 0 Å². The van der Waals surface area contributed by atoms with Gasteiger partial charge in [-0.3, -0.25) is 0 Å². The lowest BCUT2D eigenvalue weighted by molar-refractivity contribution is 0.396. The molecule has 1 unspecified atom stereocenters. The number of para-hydroxylation sites is 1. The molecule has 0 aliphatic rings. The number of halogens is 1. The van der Waals surface area contributed by atoms with Crippen LogP contribution in [0.5, 0.6) is 0 Å². The maximum absolute atomic E-state index is 13.6. The van der Waals surface area contributed by atoms with Gasteiger partial charge in [0.1, 0.15) is 5.76 Å². The van der Waals surface area contributed by atoms with Gasteiger partial charge in [0.05, 0.1) is 6.04 Å². The molecule has 0 bridgehead atoms. The molecule has 0 fully saturated rings. The number of rotatable bonds is 5. The van der Waals surface area contributed by atoms with Crippen molar-refractivity contribution in [3.8, 4) is 0 Å². The van der Waals surface area contributed by atoms with Crippen LogP contribution in [0.25, 0.3) is 11.0 Å². The van der Waals surface area contributed by atoms with Crippen molar-refractivity contribution >= 4 is 11.0 Å². The predicted molar refractivity (Wildman–Crippen MR) is 72.0 cm³/mol. The first-order chi connectivity index (χ1) is 8.61. The molecule has 18 heavy (non-hydrogen) atoms. The molecule has 98 valence electrons. The minimum Gasteiger partial charge on any atom is -0.456 e. The van der Waals surface area contributed by atoms with Crippen molar-refractivity contribution < 1.29 is 8.81 Å².